The van der Waals surface area contributed by atoms with Crippen molar-refractivity contribution in [3.63, 3.8) is 0 Å². The standard InChI is InChI=1S/C22H24N4O2/c1-15-11-19(28-2)3-4-20(15)17-12-18(14-23-13-17)22(27)26-9-5-16(6-10-26)21-24-7-8-25-21/h3-4,7-8,11-14,16H,5-6,9-10H2,1-2H3,(H,24,25). The van der Waals surface area contributed by atoms with Crippen LogP contribution >= 0.6 is 0 Å². The van der Waals surface area contributed by atoms with Gasteiger partial charge < -0.3 is 14.6 Å². The fourth-order valence-electron chi connectivity index (χ4n) is 3.83. The van der Waals surface area contributed by atoms with Gasteiger partial charge >= 0.3 is 0 Å². The van der Waals surface area contributed by atoms with Gasteiger partial charge in [0.2, 0.25) is 0 Å². The second-order valence-electron chi connectivity index (χ2n) is 7.18. The number of aromatic nitrogens is 3. The SMILES string of the molecule is COc1ccc(-c2cncc(C(=O)N3CCC(c4ncc[nH]4)CC3)c2)c(C)c1. The van der Waals surface area contributed by atoms with E-state index in [2.05, 4.69) is 15.0 Å². The first-order valence-electron chi connectivity index (χ1n) is 9.54. The summed E-state index contributed by atoms with van der Waals surface area (Å²) in [6.45, 7) is 3.50. The number of rotatable bonds is 4. The molecule has 28 heavy (non-hydrogen) atoms. The molecule has 0 spiro atoms. The number of benzene rings is 1. The van der Waals surface area contributed by atoms with Gasteiger partial charge in [0.15, 0.2) is 0 Å². The summed E-state index contributed by atoms with van der Waals surface area (Å²) in [5.41, 5.74) is 3.71. The first-order valence-corrected chi connectivity index (χ1v) is 9.54. The van der Waals surface area contributed by atoms with Crippen LogP contribution in [0.3, 0.4) is 0 Å². The van der Waals surface area contributed by atoms with Crippen molar-refractivity contribution < 1.29 is 9.53 Å². The molecule has 3 aromatic rings. The Balaban J connectivity index is 1.49. The molecular weight excluding hydrogens is 352 g/mol. The van der Waals surface area contributed by atoms with Crippen molar-refractivity contribution in [2.75, 3.05) is 20.2 Å². The highest BCUT2D eigenvalue weighted by molar-refractivity contribution is 5.95. The Morgan fingerprint density at radius 2 is 2.04 bits per heavy atom. The van der Waals surface area contributed by atoms with Gasteiger partial charge in [-0.15, -0.1) is 0 Å². The van der Waals surface area contributed by atoms with E-state index in [0.717, 1.165) is 54.2 Å². The number of hydrogen-bond donors (Lipinski definition) is 1. The number of aromatic amines is 1. The van der Waals surface area contributed by atoms with Crippen LogP contribution in [-0.2, 0) is 0 Å². The summed E-state index contributed by atoms with van der Waals surface area (Å²) in [5, 5.41) is 0. The largest absolute Gasteiger partial charge is 0.497 e. The molecule has 144 valence electrons. The number of H-pyrrole nitrogens is 1. The summed E-state index contributed by atoms with van der Waals surface area (Å²) in [4.78, 5) is 26.8. The van der Waals surface area contributed by atoms with E-state index >= 15 is 0 Å². The maximum Gasteiger partial charge on any atom is 0.255 e. The van der Waals surface area contributed by atoms with Crippen LogP contribution in [0, 0.1) is 6.92 Å². The fraction of sp³-hybridized carbons (Fsp3) is 0.318. The number of amides is 1. The van der Waals surface area contributed by atoms with Crippen molar-refractivity contribution >= 4 is 5.91 Å². The number of hydrogen-bond acceptors (Lipinski definition) is 4. The second kappa shape index (κ2) is 7.84. The van der Waals surface area contributed by atoms with Gasteiger partial charge in [0.1, 0.15) is 11.6 Å². The molecule has 1 aliphatic heterocycles. The van der Waals surface area contributed by atoms with E-state index in [1.807, 2.05) is 42.3 Å². The van der Waals surface area contributed by atoms with Gasteiger partial charge in [-0.3, -0.25) is 9.78 Å². The molecule has 0 unspecified atom stereocenters. The van der Waals surface area contributed by atoms with Crippen molar-refractivity contribution in [1.29, 1.82) is 0 Å². The zero-order chi connectivity index (χ0) is 19.5. The lowest BCUT2D eigenvalue weighted by atomic mass is 9.95. The number of ether oxygens (including phenoxy) is 1. The molecule has 6 nitrogen and oxygen atoms in total. The quantitative estimate of drug-likeness (QED) is 0.752. The Bertz CT molecular complexity index is 960. The summed E-state index contributed by atoms with van der Waals surface area (Å²) >= 11 is 0. The number of methoxy groups -OCH3 is 1. The summed E-state index contributed by atoms with van der Waals surface area (Å²) in [5.74, 6) is 2.27. The van der Waals surface area contributed by atoms with Gasteiger partial charge in [0.25, 0.3) is 5.91 Å². The molecule has 1 amide bonds. The van der Waals surface area contributed by atoms with E-state index in [9.17, 15) is 4.79 Å². The zero-order valence-corrected chi connectivity index (χ0v) is 16.2. The van der Waals surface area contributed by atoms with Gasteiger partial charge in [-0.2, -0.15) is 0 Å². The number of nitrogens with one attached hydrogen (secondary N) is 1. The van der Waals surface area contributed by atoms with Crippen molar-refractivity contribution in [3.05, 3.63) is 66.0 Å². The van der Waals surface area contributed by atoms with Gasteiger partial charge in [0.05, 0.1) is 12.7 Å². The Morgan fingerprint density at radius 1 is 1.21 bits per heavy atom. The van der Waals surface area contributed by atoms with Gasteiger partial charge in [0, 0.05) is 49.4 Å². The van der Waals surface area contributed by atoms with Gasteiger partial charge in [-0.1, -0.05) is 6.07 Å². The summed E-state index contributed by atoms with van der Waals surface area (Å²) in [7, 11) is 1.66. The first-order chi connectivity index (χ1) is 13.7. The maximum atomic E-state index is 13.0. The number of carbonyl (C=O) groups is 1. The van der Waals surface area contributed by atoms with E-state index in [0.29, 0.717) is 11.5 Å². The Hall–Kier alpha value is -3.15. The molecule has 1 aromatic carbocycles. The summed E-state index contributed by atoms with van der Waals surface area (Å²) in [6, 6.07) is 7.86. The van der Waals surface area contributed by atoms with Crippen molar-refractivity contribution in [2.45, 2.75) is 25.7 Å². The van der Waals surface area contributed by atoms with Crippen molar-refractivity contribution in [2.24, 2.45) is 0 Å². The minimum absolute atomic E-state index is 0.0402. The first kappa shape index (κ1) is 18.2. The molecule has 1 saturated heterocycles. The van der Waals surface area contributed by atoms with E-state index < -0.39 is 0 Å². The van der Waals surface area contributed by atoms with Gasteiger partial charge in [-0.25, -0.2) is 4.98 Å². The van der Waals surface area contributed by atoms with E-state index in [4.69, 9.17) is 4.74 Å². The fourth-order valence-corrected chi connectivity index (χ4v) is 3.83. The van der Waals surface area contributed by atoms with Crippen LogP contribution in [0.5, 0.6) is 5.75 Å². The number of likely N-dealkylation sites (tertiary alicyclic amines) is 1. The predicted octanol–water partition coefficient (Wildman–Crippen LogP) is 3.81. The molecule has 1 N–H and O–H groups in total. The molecule has 1 fully saturated rings. The maximum absolute atomic E-state index is 13.0. The number of aryl methyl sites for hydroxylation is 1. The third-order valence-corrected chi connectivity index (χ3v) is 5.42. The zero-order valence-electron chi connectivity index (χ0n) is 16.2. The third kappa shape index (κ3) is 3.63. The number of imidazole rings is 1. The lowest BCUT2D eigenvalue weighted by molar-refractivity contribution is 0.0711. The van der Waals surface area contributed by atoms with Crippen molar-refractivity contribution in [1.82, 2.24) is 19.9 Å². The molecule has 1 aliphatic rings. The molecule has 3 heterocycles. The number of carbonyl (C=O) groups excluding carboxylic acids is 1. The molecule has 0 bridgehead atoms. The highest BCUT2D eigenvalue weighted by atomic mass is 16.5. The van der Waals surface area contributed by atoms with Crippen LogP contribution in [-0.4, -0.2) is 46.0 Å². The molecule has 0 radical (unpaired) electrons. The minimum Gasteiger partial charge on any atom is -0.497 e. The number of piperidine rings is 1. The minimum atomic E-state index is 0.0402. The normalized spacial score (nSPS) is 14.9. The van der Waals surface area contributed by atoms with Gasteiger partial charge in [-0.05, 0) is 49.1 Å². The van der Waals surface area contributed by atoms with Crippen LogP contribution in [0.1, 0.15) is 40.5 Å². The highest BCUT2D eigenvalue weighted by Crippen LogP contribution is 2.29. The van der Waals surface area contributed by atoms with E-state index in [-0.39, 0.29) is 5.91 Å². The molecule has 0 saturated carbocycles. The highest BCUT2D eigenvalue weighted by Gasteiger charge is 2.26. The Labute approximate surface area is 164 Å². The Morgan fingerprint density at radius 3 is 2.71 bits per heavy atom. The van der Waals surface area contributed by atoms with Crippen LogP contribution in [0.2, 0.25) is 0 Å². The predicted molar refractivity (Wildman–Crippen MR) is 107 cm³/mol. The average Bonchev–Trinajstić information content (AvgIpc) is 3.28. The monoisotopic (exact) mass is 376 g/mol. The number of nitrogens with zero attached hydrogens (tertiary/aromatic N) is 3. The third-order valence-electron chi connectivity index (χ3n) is 5.42. The van der Waals surface area contributed by atoms with Crippen molar-refractivity contribution in [3.8, 4) is 16.9 Å². The molecule has 4 rings (SSSR count). The van der Waals surface area contributed by atoms with Crippen LogP contribution in [0.15, 0.2) is 49.1 Å². The molecule has 0 atom stereocenters. The summed E-state index contributed by atoms with van der Waals surface area (Å²) < 4.78 is 5.28. The average molecular weight is 376 g/mol. The number of pyridine rings is 1. The molecule has 6 heteroatoms. The molecular formula is C22H24N4O2. The Kier molecular flexibility index (Phi) is 5.10. The summed E-state index contributed by atoms with van der Waals surface area (Å²) in [6.07, 6.45) is 8.93. The van der Waals surface area contributed by atoms with E-state index in [1.54, 1.807) is 25.7 Å². The lowest BCUT2D eigenvalue weighted by Gasteiger charge is -2.31. The smallest absolute Gasteiger partial charge is 0.255 e. The topological polar surface area (TPSA) is 71.1 Å². The van der Waals surface area contributed by atoms with Crippen LogP contribution < -0.4 is 4.74 Å². The lowest BCUT2D eigenvalue weighted by Crippen LogP contribution is -2.38. The molecule has 0 aliphatic carbocycles. The molecule has 2 aromatic heterocycles. The second-order valence-corrected chi connectivity index (χ2v) is 7.18. The van der Waals surface area contributed by atoms with E-state index in [1.165, 1.54) is 0 Å². The van der Waals surface area contributed by atoms with Crippen LogP contribution in [0.4, 0.5) is 0 Å². The van der Waals surface area contributed by atoms with Crippen LogP contribution in [0.25, 0.3) is 11.1 Å².